The molecule has 0 saturated carbocycles. The third kappa shape index (κ3) is 9.73. The number of unbranched alkanes of at least 4 members (excludes halogenated alkanes) is 10. The normalized spacial score (nSPS) is 11.5. The molecule has 0 aromatic rings. The van der Waals surface area contributed by atoms with E-state index < -0.39 is 5.41 Å². The van der Waals surface area contributed by atoms with Crippen molar-refractivity contribution in [2.75, 3.05) is 6.61 Å². The van der Waals surface area contributed by atoms with Crippen molar-refractivity contribution in [3.63, 3.8) is 0 Å². The Morgan fingerprint density at radius 3 is 1.46 bits per heavy atom. The molecule has 0 heterocycles. The molecule has 0 saturated heterocycles. The van der Waals surface area contributed by atoms with E-state index in [0.717, 1.165) is 25.7 Å². The lowest BCUT2D eigenvalue weighted by atomic mass is 9.73. The summed E-state index contributed by atoms with van der Waals surface area (Å²) in [5, 5.41) is 0. The number of esters is 1. The van der Waals surface area contributed by atoms with Gasteiger partial charge in [-0.1, -0.05) is 97.8 Å². The maximum atomic E-state index is 12.8. The van der Waals surface area contributed by atoms with Crippen LogP contribution in [-0.4, -0.2) is 18.4 Å². The molecule has 0 aliphatic rings. The van der Waals surface area contributed by atoms with E-state index in [0.29, 0.717) is 25.9 Å². The van der Waals surface area contributed by atoms with Crippen LogP contribution in [0.3, 0.4) is 0 Å². The zero-order chi connectivity index (χ0) is 19.7. The van der Waals surface area contributed by atoms with Crippen molar-refractivity contribution in [3.05, 3.63) is 0 Å². The third-order valence-corrected chi connectivity index (χ3v) is 5.44. The predicted molar refractivity (Wildman–Crippen MR) is 110 cm³/mol. The van der Waals surface area contributed by atoms with Crippen LogP contribution >= 0.6 is 0 Å². The van der Waals surface area contributed by atoms with E-state index in [2.05, 4.69) is 13.8 Å². The Morgan fingerprint density at radius 1 is 0.654 bits per heavy atom. The number of ketones is 1. The van der Waals surface area contributed by atoms with Crippen LogP contribution in [-0.2, 0) is 14.3 Å². The van der Waals surface area contributed by atoms with Crippen molar-refractivity contribution in [2.45, 2.75) is 124 Å². The number of Topliss-reactive ketones (excluding diaryl/α,β-unsaturated/α-hetero) is 1. The fraction of sp³-hybridized carbons (Fsp3) is 0.913. The maximum Gasteiger partial charge on any atom is 0.319 e. The standard InChI is InChI=1S/C23H44O3/c1-5-9-11-13-15-17-19-23(21(24)7-3,22(25)26-8-4)20-18-16-14-12-10-6-2/h5-20H2,1-4H3. The summed E-state index contributed by atoms with van der Waals surface area (Å²) in [6.07, 6.45) is 15.8. The first-order chi connectivity index (χ1) is 12.6. The number of ether oxygens (including phenoxy) is 1. The Bertz CT molecular complexity index is 346. The quantitative estimate of drug-likeness (QED) is 0.148. The molecular formula is C23H44O3. The summed E-state index contributed by atoms with van der Waals surface area (Å²) in [6, 6.07) is 0. The van der Waals surface area contributed by atoms with Gasteiger partial charge in [0.25, 0.3) is 0 Å². The first kappa shape index (κ1) is 25.1. The van der Waals surface area contributed by atoms with Crippen LogP contribution in [0.15, 0.2) is 0 Å². The van der Waals surface area contributed by atoms with E-state index in [1.165, 1.54) is 51.4 Å². The molecule has 0 N–H and O–H groups in total. The van der Waals surface area contributed by atoms with Crippen molar-refractivity contribution in [1.29, 1.82) is 0 Å². The van der Waals surface area contributed by atoms with Gasteiger partial charge >= 0.3 is 5.97 Å². The molecule has 0 aromatic carbocycles. The predicted octanol–water partition coefficient (Wildman–Crippen LogP) is 7.02. The lowest BCUT2D eigenvalue weighted by Gasteiger charge is -2.30. The number of hydrogen-bond acceptors (Lipinski definition) is 3. The molecule has 154 valence electrons. The van der Waals surface area contributed by atoms with Crippen LogP contribution in [0.25, 0.3) is 0 Å². The van der Waals surface area contributed by atoms with Crippen LogP contribution in [0.5, 0.6) is 0 Å². The number of rotatable bonds is 18. The van der Waals surface area contributed by atoms with E-state index in [1.807, 2.05) is 13.8 Å². The van der Waals surface area contributed by atoms with E-state index in [4.69, 9.17) is 4.74 Å². The summed E-state index contributed by atoms with van der Waals surface area (Å²) >= 11 is 0. The Balaban J connectivity index is 4.77. The molecule has 0 aliphatic heterocycles. The molecule has 0 aromatic heterocycles. The molecule has 0 spiro atoms. The highest BCUT2D eigenvalue weighted by Crippen LogP contribution is 2.36. The van der Waals surface area contributed by atoms with Gasteiger partial charge in [-0.25, -0.2) is 0 Å². The highest BCUT2D eigenvalue weighted by Gasteiger charge is 2.44. The van der Waals surface area contributed by atoms with Gasteiger partial charge in [-0.3, -0.25) is 9.59 Å². The van der Waals surface area contributed by atoms with E-state index in [-0.39, 0.29) is 11.8 Å². The first-order valence-electron chi connectivity index (χ1n) is 11.3. The monoisotopic (exact) mass is 368 g/mol. The minimum absolute atomic E-state index is 0.0815. The SMILES string of the molecule is CCCCCCCCC(CCCCCCCC)(C(=O)CC)C(=O)OCC. The Kier molecular flexibility index (Phi) is 15.8. The van der Waals surface area contributed by atoms with Gasteiger partial charge in [0.2, 0.25) is 0 Å². The summed E-state index contributed by atoms with van der Waals surface area (Å²) in [4.78, 5) is 25.5. The van der Waals surface area contributed by atoms with E-state index >= 15 is 0 Å². The topological polar surface area (TPSA) is 43.4 Å². The maximum absolute atomic E-state index is 12.8. The molecule has 0 rings (SSSR count). The molecule has 0 atom stereocenters. The van der Waals surface area contributed by atoms with Crippen molar-refractivity contribution < 1.29 is 14.3 Å². The number of carbonyl (C=O) groups excluding carboxylic acids is 2. The van der Waals surface area contributed by atoms with Crippen LogP contribution in [0, 0.1) is 5.41 Å². The molecule has 0 aliphatic carbocycles. The molecule has 3 heteroatoms. The van der Waals surface area contributed by atoms with Crippen molar-refractivity contribution in [3.8, 4) is 0 Å². The van der Waals surface area contributed by atoms with Gasteiger partial charge in [0.15, 0.2) is 0 Å². The van der Waals surface area contributed by atoms with Crippen LogP contribution in [0.1, 0.15) is 124 Å². The smallest absolute Gasteiger partial charge is 0.319 e. The van der Waals surface area contributed by atoms with E-state index in [9.17, 15) is 9.59 Å². The zero-order valence-electron chi connectivity index (χ0n) is 18.0. The Hall–Kier alpha value is -0.860. The molecule has 26 heavy (non-hydrogen) atoms. The van der Waals surface area contributed by atoms with Gasteiger partial charge < -0.3 is 4.74 Å². The summed E-state index contributed by atoms with van der Waals surface area (Å²) in [7, 11) is 0. The van der Waals surface area contributed by atoms with E-state index in [1.54, 1.807) is 0 Å². The average molecular weight is 369 g/mol. The minimum Gasteiger partial charge on any atom is -0.465 e. The van der Waals surface area contributed by atoms with Crippen LogP contribution in [0.2, 0.25) is 0 Å². The fourth-order valence-electron chi connectivity index (χ4n) is 3.74. The molecule has 0 fully saturated rings. The zero-order valence-corrected chi connectivity index (χ0v) is 18.0. The second kappa shape index (κ2) is 16.3. The minimum atomic E-state index is -0.889. The third-order valence-electron chi connectivity index (χ3n) is 5.44. The Morgan fingerprint density at radius 2 is 1.08 bits per heavy atom. The first-order valence-corrected chi connectivity index (χ1v) is 11.3. The molecule has 3 nitrogen and oxygen atoms in total. The van der Waals surface area contributed by atoms with Gasteiger partial charge in [0, 0.05) is 6.42 Å². The van der Waals surface area contributed by atoms with Gasteiger partial charge in [0.1, 0.15) is 11.2 Å². The summed E-state index contributed by atoms with van der Waals surface area (Å²) in [5.41, 5.74) is -0.889. The largest absolute Gasteiger partial charge is 0.465 e. The Labute approximate surface area is 162 Å². The van der Waals surface area contributed by atoms with Gasteiger partial charge in [0.05, 0.1) is 6.61 Å². The highest BCUT2D eigenvalue weighted by molar-refractivity contribution is 6.03. The fourth-order valence-corrected chi connectivity index (χ4v) is 3.74. The van der Waals surface area contributed by atoms with Crippen LogP contribution < -0.4 is 0 Å². The highest BCUT2D eigenvalue weighted by atomic mass is 16.5. The molecule has 0 bridgehead atoms. The van der Waals surface area contributed by atoms with Gasteiger partial charge in [-0.05, 0) is 19.8 Å². The van der Waals surface area contributed by atoms with Gasteiger partial charge in [-0.15, -0.1) is 0 Å². The second-order valence-corrected chi connectivity index (χ2v) is 7.61. The lowest BCUT2D eigenvalue weighted by molar-refractivity contribution is -0.161. The van der Waals surface area contributed by atoms with Crippen molar-refractivity contribution >= 4 is 11.8 Å². The van der Waals surface area contributed by atoms with Crippen molar-refractivity contribution in [2.24, 2.45) is 5.41 Å². The molecule has 0 amide bonds. The van der Waals surface area contributed by atoms with Gasteiger partial charge in [-0.2, -0.15) is 0 Å². The number of hydrogen-bond donors (Lipinski definition) is 0. The number of carbonyl (C=O) groups is 2. The molecule has 0 radical (unpaired) electrons. The molecule has 0 unspecified atom stereocenters. The average Bonchev–Trinajstić information content (AvgIpc) is 2.65. The summed E-state index contributed by atoms with van der Waals surface area (Å²) in [6.45, 7) is 8.48. The molecular weight excluding hydrogens is 324 g/mol. The van der Waals surface area contributed by atoms with Crippen LogP contribution in [0.4, 0.5) is 0 Å². The second-order valence-electron chi connectivity index (χ2n) is 7.61. The summed E-state index contributed by atoms with van der Waals surface area (Å²) in [5.74, 6) is -0.188. The summed E-state index contributed by atoms with van der Waals surface area (Å²) < 4.78 is 5.36. The van der Waals surface area contributed by atoms with Crippen molar-refractivity contribution in [1.82, 2.24) is 0 Å². The lowest BCUT2D eigenvalue weighted by Crippen LogP contribution is -2.40.